The summed E-state index contributed by atoms with van der Waals surface area (Å²) in [4.78, 5) is 13.9. The molecule has 1 amide bonds. The molecular weight excluding hydrogens is 200 g/mol. The lowest BCUT2D eigenvalue weighted by atomic mass is 9.85. The fourth-order valence-corrected chi connectivity index (χ4v) is 2.02. The molecule has 3 nitrogen and oxygen atoms in total. The first-order chi connectivity index (χ1) is 7.63. The van der Waals surface area contributed by atoms with Crippen molar-refractivity contribution in [2.75, 3.05) is 19.6 Å². The van der Waals surface area contributed by atoms with Crippen LogP contribution in [0.5, 0.6) is 0 Å². The summed E-state index contributed by atoms with van der Waals surface area (Å²) in [6.45, 7) is 8.94. The van der Waals surface area contributed by atoms with E-state index < -0.39 is 0 Å². The van der Waals surface area contributed by atoms with Gasteiger partial charge in [0.2, 0.25) is 5.91 Å². The first kappa shape index (κ1) is 13.5. The summed E-state index contributed by atoms with van der Waals surface area (Å²) in [5.41, 5.74) is 0. The van der Waals surface area contributed by atoms with Gasteiger partial charge in [0.25, 0.3) is 0 Å². The average Bonchev–Trinajstić information content (AvgIpc) is 2.15. The van der Waals surface area contributed by atoms with Gasteiger partial charge in [0, 0.05) is 32.1 Å². The van der Waals surface area contributed by atoms with E-state index in [0.29, 0.717) is 18.4 Å². The van der Waals surface area contributed by atoms with Crippen LogP contribution in [-0.2, 0) is 4.79 Å². The minimum Gasteiger partial charge on any atom is -0.343 e. The molecule has 0 atom stereocenters. The van der Waals surface area contributed by atoms with Crippen LogP contribution in [0.3, 0.4) is 0 Å². The zero-order chi connectivity index (χ0) is 12.0. The Bertz CT molecular complexity index is 212. The van der Waals surface area contributed by atoms with Crippen LogP contribution >= 0.6 is 0 Å². The third kappa shape index (κ3) is 4.52. The molecule has 0 unspecified atom stereocenters. The smallest absolute Gasteiger partial charge is 0.223 e. The van der Waals surface area contributed by atoms with Gasteiger partial charge in [0.15, 0.2) is 0 Å². The zero-order valence-corrected chi connectivity index (χ0v) is 11.0. The van der Waals surface area contributed by atoms with Crippen LogP contribution in [0.15, 0.2) is 0 Å². The Balaban J connectivity index is 2.19. The van der Waals surface area contributed by atoms with Gasteiger partial charge in [-0.25, -0.2) is 0 Å². The lowest BCUT2D eigenvalue weighted by Crippen LogP contribution is -2.39. The number of carbonyl (C=O) groups is 1. The molecule has 0 aromatic carbocycles. The van der Waals surface area contributed by atoms with Crippen LogP contribution in [0.2, 0.25) is 0 Å². The Morgan fingerprint density at radius 3 is 2.56 bits per heavy atom. The predicted molar refractivity (Wildman–Crippen MR) is 67.4 cm³/mol. The molecule has 0 heterocycles. The molecule has 16 heavy (non-hydrogen) atoms. The Morgan fingerprint density at radius 1 is 1.44 bits per heavy atom. The van der Waals surface area contributed by atoms with Gasteiger partial charge in [-0.2, -0.15) is 0 Å². The van der Waals surface area contributed by atoms with Crippen LogP contribution < -0.4 is 5.32 Å². The first-order valence-corrected chi connectivity index (χ1v) is 6.64. The Labute approximate surface area is 99.6 Å². The highest BCUT2D eigenvalue weighted by Gasteiger charge is 2.22. The van der Waals surface area contributed by atoms with Crippen molar-refractivity contribution >= 4 is 5.91 Å². The molecule has 1 aliphatic carbocycles. The highest BCUT2D eigenvalue weighted by atomic mass is 16.2. The molecule has 1 rings (SSSR count). The average molecular weight is 226 g/mol. The Morgan fingerprint density at radius 2 is 2.12 bits per heavy atom. The van der Waals surface area contributed by atoms with Gasteiger partial charge in [-0.3, -0.25) is 4.79 Å². The van der Waals surface area contributed by atoms with Gasteiger partial charge in [-0.05, 0) is 25.7 Å². The monoisotopic (exact) mass is 226 g/mol. The van der Waals surface area contributed by atoms with Gasteiger partial charge in [-0.1, -0.05) is 20.3 Å². The van der Waals surface area contributed by atoms with Crippen LogP contribution in [0.25, 0.3) is 0 Å². The second-order valence-corrected chi connectivity index (χ2v) is 5.09. The van der Waals surface area contributed by atoms with E-state index in [1.54, 1.807) is 0 Å². The number of hydrogen-bond donors (Lipinski definition) is 1. The molecule has 0 aromatic rings. The largest absolute Gasteiger partial charge is 0.343 e. The van der Waals surface area contributed by atoms with Crippen molar-refractivity contribution < 1.29 is 4.79 Å². The van der Waals surface area contributed by atoms with Crippen molar-refractivity contribution in [1.82, 2.24) is 10.2 Å². The molecule has 0 saturated heterocycles. The summed E-state index contributed by atoms with van der Waals surface area (Å²) < 4.78 is 0. The van der Waals surface area contributed by atoms with Crippen molar-refractivity contribution in [2.24, 2.45) is 5.92 Å². The highest BCUT2D eigenvalue weighted by Crippen LogP contribution is 2.27. The number of nitrogens with zero attached hydrogens (tertiary/aromatic N) is 1. The molecule has 0 aliphatic heterocycles. The fourth-order valence-electron chi connectivity index (χ4n) is 2.02. The molecule has 0 aromatic heterocycles. The molecule has 94 valence electrons. The van der Waals surface area contributed by atoms with Crippen molar-refractivity contribution in [3.63, 3.8) is 0 Å². The zero-order valence-electron chi connectivity index (χ0n) is 11.0. The topological polar surface area (TPSA) is 32.3 Å². The van der Waals surface area contributed by atoms with E-state index in [2.05, 4.69) is 26.1 Å². The van der Waals surface area contributed by atoms with E-state index >= 15 is 0 Å². The summed E-state index contributed by atoms with van der Waals surface area (Å²) in [5, 5.41) is 3.29. The van der Waals surface area contributed by atoms with Gasteiger partial charge >= 0.3 is 0 Å². The molecule has 0 bridgehead atoms. The van der Waals surface area contributed by atoms with Crippen molar-refractivity contribution in [3.05, 3.63) is 0 Å². The van der Waals surface area contributed by atoms with Crippen LogP contribution in [-0.4, -0.2) is 36.5 Å². The second-order valence-electron chi connectivity index (χ2n) is 5.09. The molecule has 1 aliphatic rings. The summed E-state index contributed by atoms with van der Waals surface area (Å²) in [6, 6.07) is 0.467. The number of hydrogen-bond acceptors (Lipinski definition) is 2. The van der Waals surface area contributed by atoms with E-state index in [9.17, 15) is 4.79 Å². The fraction of sp³-hybridized carbons (Fsp3) is 0.923. The number of rotatable bonds is 7. The molecule has 0 radical (unpaired) electrons. The van der Waals surface area contributed by atoms with E-state index in [1.165, 1.54) is 19.3 Å². The molecule has 3 heteroatoms. The van der Waals surface area contributed by atoms with E-state index in [-0.39, 0.29) is 0 Å². The lowest BCUT2D eigenvalue weighted by molar-refractivity contribution is -0.131. The lowest BCUT2D eigenvalue weighted by Gasteiger charge is -2.32. The van der Waals surface area contributed by atoms with E-state index in [1.807, 2.05) is 4.90 Å². The SMILES string of the molecule is CCN(CC1CCC1)C(=O)CCNC(C)C. The second kappa shape index (κ2) is 6.89. The minimum atomic E-state index is 0.308. The molecule has 1 N–H and O–H groups in total. The summed E-state index contributed by atoms with van der Waals surface area (Å²) >= 11 is 0. The van der Waals surface area contributed by atoms with Gasteiger partial charge < -0.3 is 10.2 Å². The maximum atomic E-state index is 11.9. The number of nitrogens with one attached hydrogen (secondary N) is 1. The molecule has 1 fully saturated rings. The van der Waals surface area contributed by atoms with E-state index in [0.717, 1.165) is 25.6 Å². The predicted octanol–water partition coefficient (Wildman–Crippen LogP) is 2.02. The highest BCUT2D eigenvalue weighted by molar-refractivity contribution is 5.76. The normalized spacial score (nSPS) is 16.2. The maximum Gasteiger partial charge on any atom is 0.223 e. The van der Waals surface area contributed by atoms with Crippen molar-refractivity contribution in [3.8, 4) is 0 Å². The third-order valence-corrected chi connectivity index (χ3v) is 3.33. The van der Waals surface area contributed by atoms with Crippen LogP contribution in [0.4, 0.5) is 0 Å². The van der Waals surface area contributed by atoms with Crippen LogP contribution in [0.1, 0.15) is 46.5 Å². The summed E-state index contributed by atoms with van der Waals surface area (Å²) in [6.07, 6.45) is 4.62. The van der Waals surface area contributed by atoms with Gasteiger partial charge in [0.1, 0.15) is 0 Å². The quantitative estimate of drug-likeness (QED) is 0.720. The van der Waals surface area contributed by atoms with E-state index in [4.69, 9.17) is 0 Å². The molecule has 1 saturated carbocycles. The van der Waals surface area contributed by atoms with Gasteiger partial charge in [-0.15, -0.1) is 0 Å². The summed E-state index contributed by atoms with van der Waals surface area (Å²) in [5.74, 6) is 1.09. The standard InChI is InChI=1S/C13H26N2O/c1-4-15(10-12-6-5-7-12)13(16)8-9-14-11(2)3/h11-12,14H,4-10H2,1-3H3. The van der Waals surface area contributed by atoms with Crippen LogP contribution in [0, 0.1) is 5.92 Å². The van der Waals surface area contributed by atoms with Crippen molar-refractivity contribution in [2.45, 2.75) is 52.5 Å². The first-order valence-electron chi connectivity index (χ1n) is 6.64. The molecular formula is C13H26N2O. The number of carbonyl (C=O) groups excluding carboxylic acids is 1. The third-order valence-electron chi connectivity index (χ3n) is 3.33. The summed E-state index contributed by atoms with van der Waals surface area (Å²) in [7, 11) is 0. The maximum absolute atomic E-state index is 11.9. The number of amides is 1. The van der Waals surface area contributed by atoms with Crippen molar-refractivity contribution in [1.29, 1.82) is 0 Å². The Kier molecular flexibility index (Phi) is 5.81. The van der Waals surface area contributed by atoms with Gasteiger partial charge in [0.05, 0.1) is 0 Å². The molecule has 0 spiro atoms. The Hall–Kier alpha value is -0.570. The minimum absolute atomic E-state index is 0.308.